The minimum atomic E-state index is -1.13. The van der Waals surface area contributed by atoms with Crippen LogP contribution in [0.25, 0.3) is 0 Å². The molecule has 0 spiro atoms. The van der Waals surface area contributed by atoms with Gasteiger partial charge in [0.1, 0.15) is 0 Å². The molecule has 104 valence electrons. The zero-order valence-electron chi connectivity index (χ0n) is 11.2. The van der Waals surface area contributed by atoms with Crippen LogP contribution in [0.2, 0.25) is 5.02 Å². The van der Waals surface area contributed by atoms with Gasteiger partial charge in [-0.2, -0.15) is 0 Å². The van der Waals surface area contributed by atoms with Crippen molar-refractivity contribution in [2.75, 3.05) is 0 Å². The highest BCUT2D eigenvalue weighted by atomic mass is 35.5. The molecule has 4 nitrogen and oxygen atoms in total. The predicted molar refractivity (Wildman–Crippen MR) is 74.0 cm³/mol. The molecule has 0 aliphatic carbocycles. The molecule has 0 aromatic heterocycles. The van der Waals surface area contributed by atoms with Gasteiger partial charge in [0.15, 0.2) is 6.04 Å². The third-order valence-corrected chi connectivity index (χ3v) is 3.51. The van der Waals surface area contributed by atoms with Crippen LogP contribution in [0, 0.1) is 11.8 Å². The fourth-order valence-electron chi connectivity index (χ4n) is 1.56. The average molecular weight is 284 g/mol. The van der Waals surface area contributed by atoms with Gasteiger partial charge in [0.2, 0.25) is 5.91 Å². The largest absolute Gasteiger partial charge is 0.479 e. The maximum absolute atomic E-state index is 12.0. The van der Waals surface area contributed by atoms with E-state index in [-0.39, 0.29) is 17.7 Å². The highest BCUT2D eigenvalue weighted by Crippen LogP contribution is 2.23. The maximum atomic E-state index is 12.0. The highest BCUT2D eigenvalue weighted by molar-refractivity contribution is 6.31. The van der Waals surface area contributed by atoms with Gasteiger partial charge in [0.05, 0.1) is 0 Å². The smallest absolute Gasteiger partial charge is 0.330 e. The first-order valence-electron chi connectivity index (χ1n) is 6.12. The molecule has 19 heavy (non-hydrogen) atoms. The minimum absolute atomic E-state index is 0.140. The van der Waals surface area contributed by atoms with Crippen LogP contribution >= 0.6 is 11.6 Å². The molecular formula is C14H18ClNO3. The van der Waals surface area contributed by atoms with Crippen LogP contribution < -0.4 is 5.32 Å². The number of hydrogen-bond acceptors (Lipinski definition) is 2. The Hall–Kier alpha value is -1.55. The Morgan fingerprint density at radius 2 is 1.79 bits per heavy atom. The van der Waals surface area contributed by atoms with E-state index in [4.69, 9.17) is 11.6 Å². The summed E-state index contributed by atoms with van der Waals surface area (Å²) in [6, 6.07) is 5.48. The van der Waals surface area contributed by atoms with Crippen molar-refractivity contribution in [1.82, 2.24) is 5.32 Å². The lowest BCUT2D eigenvalue weighted by molar-refractivity contribution is -0.142. The third-order valence-electron chi connectivity index (χ3n) is 3.16. The third kappa shape index (κ3) is 3.96. The van der Waals surface area contributed by atoms with Crippen LogP contribution in [-0.4, -0.2) is 17.0 Å². The second-order valence-electron chi connectivity index (χ2n) is 4.83. The van der Waals surface area contributed by atoms with E-state index < -0.39 is 12.0 Å². The lowest BCUT2D eigenvalue weighted by atomic mass is 9.96. The van der Waals surface area contributed by atoms with Crippen LogP contribution in [0.3, 0.4) is 0 Å². The molecule has 0 saturated carbocycles. The number of carboxylic acids is 1. The normalized spacial score (nSPS) is 13.9. The number of carboxylic acid groups (broad SMARTS) is 1. The van der Waals surface area contributed by atoms with Crippen molar-refractivity contribution in [3.05, 3.63) is 34.9 Å². The number of aliphatic carboxylic acids is 1. The summed E-state index contributed by atoms with van der Waals surface area (Å²) in [7, 11) is 0. The topological polar surface area (TPSA) is 66.4 Å². The van der Waals surface area contributed by atoms with Gasteiger partial charge >= 0.3 is 5.97 Å². The van der Waals surface area contributed by atoms with Gasteiger partial charge in [0, 0.05) is 16.5 Å². The molecule has 0 saturated heterocycles. The van der Waals surface area contributed by atoms with Crippen LogP contribution in [0.1, 0.15) is 32.4 Å². The van der Waals surface area contributed by atoms with E-state index in [1.54, 1.807) is 31.2 Å². The van der Waals surface area contributed by atoms with Gasteiger partial charge in [-0.25, -0.2) is 4.79 Å². The van der Waals surface area contributed by atoms with Crippen molar-refractivity contribution in [3.8, 4) is 0 Å². The molecule has 0 bridgehead atoms. The summed E-state index contributed by atoms with van der Waals surface area (Å²) in [6.07, 6.45) is 0. The molecule has 0 heterocycles. The van der Waals surface area contributed by atoms with Crippen LogP contribution in [0.5, 0.6) is 0 Å². The molecule has 1 rings (SSSR count). The van der Waals surface area contributed by atoms with Crippen molar-refractivity contribution < 1.29 is 14.7 Å². The number of nitrogens with one attached hydrogen (secondary N) is 1. The quantitative estimate of drug-likeness (QED) is 0.873. The molecule has 1 aromatic rings. The van der Waals surface area contributed by atoms with Crippen molar-refractivity contribution in [3.63, 3.8) is 0 Å². The zero-order chi connectivity index (χ0) is 14.6. The van der Waals surface area contributed by atoms with Crippen molar-refractivity contribution in [2.45, 2.75) is 26.8 Å². The van der Waals surface area contributed by atoms with E-state index in [2.05, 4.69) is 5.32 Å². The van der Waals surface area contributed by atoms with Crippen molar-refractivity contribution in [2.24, 2.45) is 11.8 Å². The van der Waals surface area contributed by atoms with Crippen LogP contribution in [-0.2, 0) is 9.59 Å². The zero-order valence-corrected chi connectivity index (χ0v) is 11.9. The molecule has 5 heteroatoms. The van der Waals surface area contributed by atoms with Gasteiger partial charge in [-0.3, -0.25) is 4.79 Å². The SMILES string of the molecule is CC(C)C(C)C(=O)N[C@@H](C(=O)O)c1ccccc1Cl. The molecule has 0 radical (unpaired) electrons. The van der Waals surface area contributed by atoms with Crippen LogP contribution in [0.15, 0.2) is 24.3 Å². The molecule has 0 aliphatic rings. The first kappa shape index (κ1) is 15.5. The average Bonchev–Trinajstić information content (AvgIpc) is 2.35. The lowest BCUT2D eigenvalue weighted by Gasteiger charge is -2.20. The lowest BCUT2D eigenvalue weighted by Crippen LogP contribution is -2.38. The fraction of sp³-hybridized carbons (Fsp3) is 0.429. The Bertz CT molecular complexity index is 474. The number of amides is 1. The van der Waals surface area contributed by atoms with Gasteiger partial charge < -0.3 is 10.4 Å². The molecule has 0 fully saturated rings. The number of hydrogen-bond donors (Lipinski definition) is 2. The first-order valence-corrected chi connectivity index (χ1v) is 6.50. The van der Waals surface area contributed by atoms with Gasteiger partial charge in [-0.1, -0.05) is 50.6 Å². The molecule has 1 aromatic carbocycles. The van der Waals surface area contributed by atoms with E-state index in [1.165, 1.54) is 0 Å². The van der Waals surface area contributed by atoms with Gasteiger partial charge in [-0.05, 0) is 12.0 Å². The molecule has 2 atom stereocenters. The summed E-state index contributed by atoms with van der Waals surface area (Å²) in [5.74, 6) is -1.54. The predicted octanol–water partition coefficient (Wildman–Crippen LogP) is 2.87. The highest BCUT2D eigenvalue weighted by Gasteiger charge is 2.27. The summed E-state index contributed by atoms with van der Waals surface area (Å²) < 4.78 is 0. The van der Waals surface area contributed by atoms with E-state index in [0.29, 0.717) is 10.6 Å². The Kier molecular flexibility index (Phi) is 5.36. The maximum Gasteiger partial charge on any atom is 0.330 e. The van der Waals surface area contributed by atoms with Crippen LogP contribution in [0.4, 0.5) is 0 Å². The van der Waals surface area contributed by atoms with E-state index in [1.807, 2.05) is 13.8 Å². The second kappa shape index (κ2) is 6.57. The summed E-state index contributed by atoms with van der Waals surface area (Å²) in [4.78, 5) is 23.3. The number of rotatable bonds is 5. The minimum Gasteiger partial charge on any atom is -0.479 e. The number of carbonyl (C=O) groups is 2. The van der Waals surface area contributed by atoms with Gasteiger partial charge in [0.25, 0.3) is 0 Å². The molecule has 0 aliphatic heterocycles. The first-order chi connectivity index (χ1) is 8.84. The Morgan fingerprint density at radius 1 is 1.21 bits per heavy atom. The summed E-state index contributed by atoms with van der Waals surface area (Å²) in [5, 5.41) is 12.1. The number of benzene rings is 1. The molecule has 2 N–H and O–H groups in total. The molecule has 1 amide bonds. The standard InChI is InChI=1S/C14H18ClNO3/c1-8(2)9(3)13(17)16-12(14(18)19)10-6-4-5-7-11(10)15/h4-9,12H,1-3H3,(H,16,17)(H,18,19)/t9?,12-/m1/s1. The summed E-state index contributed by atoms with van der Waals surface area (Å²) in [5.41, 5.74) is 0.390. The number of carbonyl (C=O) groups excluding carboxylic acids is 1. The van der Waals surface area contributed by atoms with E-state index in [9.17, 15) is 14.7 Å². The Labute approximate surface area is 117 Å². The molecular weight excluding hydrogens is 266 g/mol. The monoisotopic (exact) mass is 283 g/mol. The second-order valence-corrected chi connectivity index (χ2v) is 5.24. The van der Waals surface area contributed by atoms with E-state index >= 15 is 0 Å². The van der Waals surface area contributed by atoms with Crippen molar-refractivity contribution >= 4 is 23.5 Å². The molecule has 1 unspecified atom stereocenters. The fourth-order valence-corrected chi connectivity index (χ4v) is 1.80. The Morgan fingerprint density at radius 3 is 2.26 bits per heavy atom. The summed E-state index contributed by atoms with van der Waals surface area (Å²) in [6.45, 7) is 5.59. The van der Waals surface area contributed by atoms with E-state index in [0.717, 1.165) is 0 Å². The van der Waals surface area contributed by atoms with Crippen molar-refractivity contribution in [1.29, 1.82) is 0 Å². The Balaban J connectivity index is 2.95. The summed E-state index contributed by atoms with van der Waals surface area (Å²) >= 11 is 5.97. The number of halogens is 1. The van der Waals surface area contributed by atoms with Gasteiger partial charge in [-0.15, -0.1) is 0 Å².